The molecule has 1 aliphatic rings. The molecule has 1 aromatic carbocycles. The van der Waals surface area contributed by atoms with Crippen LogP contribution in [-0.2, 0) is 27.1 Å². The summed E-state index contributed by atoms with van der Waals surface area (Å²) in [6, 6.07) is 9.18. The lowest BCUT2D eigenvalue weighted by molar-refractivity contribution is -0.129. The number of aryl methyl sites for hydroxylation is 1. The van der Waals surface area contributed by atoms with Crippen molar-refractivity contribution in [1.29, 1.82) is 0 Å². The third-order valence-corrected chi connectivity index (χ3v) is 7.48. The first-order chi connectivity index (χ1) is 13.5. The van der Waals surface area contributed by atoms with E-state index in [9.17, 15) is 13.2 Å². The van der Waals surface area contributed by atoms with Gasteiger partial charge < -0.3 is 9.47 Å². The summed E-state index contributed by atoms with van der Waals surface area (Å²) in [6.45, 7) is 4.53. The van der Waals surface area contributed by atoms with Crippen molar-refractivity contribution in [3.05, 3.63) is 48.3 Å². The predicted octanol–water partition coefficient (Wildman–Crippen LogP) is 2.06. The van der Waals surface area contributed by atoms with Gasteiger partial charge >= 0.3 is 0 Å². The molecule has 28 heavy (non-hydrogen) atoms. The van der Waals surface area contributed by atoms with Crippen molar-refractivity contribution in [2.24, 2.45) is 0 Å². The number of sulfonamides is 1. The van der Waals surface area contributed by atoms with E-state index in [2.05, 4.69) is 11.9 Å². The zero-order valence-corrected chi connectivity index (χ0v) is 17.7. The predicted molar refractivity (Wildman–Crippen MR) is 110 cm³/mol. The van der Waals surface area contributed by atoms with E-state index in [-0.39, 0.29) is 11.7 Å². The standard InChI is InChI=1S/C19H26N4O3S2/c1-2-9-22-10-8-20-19(22)27-15-18(24)21-11-13-23(14-12-21)28(25,26)16-17-6-4-3-5-7-17/h3-8,10H,2,9,11-16H2,1H3. The fraction of sp³-hybridized carbons (Fsp3) is 0.474. The van der Waals surface area contributed by atoms with Gasteiger partial charge in [-0.3, -0.25) is 4.79 Å². The van der Waals surface area contributed by atoms with Gasteiger partial charge in [-0.1, -0.05) is 49.0 Å². The number of aromatic nitrogens is 2. The molecule has 2 heterocycles. The Kier molecular flexibility index (Phi) is 7.14. The number of nitrogens with zero attached hydrogens (tertiary/aromatic N) is 4. The summed E-state index contributed by atoms with van der Waals surface area (Å²) in [4.78, 5) is 18.6. The monoisotopic (exact) mass is 422 g/mol. The zero-order valence-electron chi connectivity index (χ0n) is 16.0. The fourth-order valence-corrected chi connectivity index (χ4v) is 5.56. The molecule has 1 amide bonds. The number of thioether (sulfide) groups is 1. The number of piperazine rings is 1. The molecule has 7 nitrogen and oxygen atoms in total. The lowest BCUT2D eigenvalue weighted by Gasteiger charge is -2.34. The maximum Gasteiger partial charge on any atom is 0.233 e. The number of amides is 1. The molecular formula is C19H26N4O3S2. The van der Waals surface area contributed by atoms with Gasteiger partial charge in [0, 0.05) is 45.1 Å². The first kappa shape index (κ1) is 20.9. The minimum atomic E-state index is -3.37. The highest BCUT2D eigenvalue weighted by Crippen LogP contribution is 2.18. The zero-order chi connectivity index (χ0) is 20.0. The quantitative estimate of drug-likeness (QED) is 0.609. The third kappa shape index (κ3) is 5.36. The first-order valence-electron chi connectivity index (χ1n) is 9.43. The Morgan fingerprint density at radius 1 is 1.14 bits per heavy atom. The van der Waals surface area contributed by atoms with Crippen molar-refractivity contribution in [2.75, 3.05) is 31.9 Å². The molecule has 0 atom stereocenters. The smallest absolute Gasteiger partial charge is 0.233 e. The van der Waals surface area contributed by atoms with E-state index in [0.717, 1.165) is 23.7 Å². The number of hydrogen-bond donors (Lipinski definition) is 0. The van der Waals surface area contributed by atoms with Crippen LogP contribution in [0.5, 0.6) is 0 Å². The van der Waals surface area contributed by atoms with Crippen molar-refractivity contribution in [1.82, 2.24) is 18.8 Å². The van der Waals surface area contributed by atoms with Crippen LogP contribution in [0.4, 0.5) is 0 Å². The Balaban J connectivity index is 1.49. The van der Waals surface area contributed by atoms with Gasteiger partial charge in [0.2, 0.25) is 15.9 Å². The van der Waals surface area contributed by atoms with Crippen molar-refractivity contribution in [3.8, 4) is 0 Å². The van der Waals surface area contributed by atoms with Gasteiger partial charge in [0.25, 0.3) is 0 Å². The molecule has 9 heteroatoms. The molecule has 152 valence electrons. The van der Waals surface area contributed by atoms with Crippen molar-refractivity contribution >= 4 is 27.7 Å². The number of benzene rings is 1. The van der Waals surface area contributed by atoms with Gasteiger partial charge in [0.05, 0.1) is 11.5 Å². The van der Waals surface area contributed by atoms with Gasteiger partial charge in [-0.05, 0) is 12.0 Å². The Morgan fingerprint density at radius 2 is 1.86 bits per heavy atom. The highest BCUT2D eigenvalue weighted by molar-refractivity contribution is 7.99. The van der Waals surface area contributed by atoms with Gasteiger partial charge in [0.15, 0.2) is 5.16 Å². The first-order valence-corrected chi connectivity index (χ1v) is 12.0. The number of imidazole rings is 1. The van der Waals surface area contributed by atoms with E-state index < -0.39 is 10.0 Å². The molecular weight excluding hydrogens is 396 g/mol. The van der Waals surface area contributed by atoms with Crippen molar-refractivity contribution in [2.45, 2.75) is 30.8 Å². The summed E-state index contributed by atoms with van der Waals surface area (Å²) in [7, 11) is -3.37. The van der Waals surface area contributed by atoms with Gasteiger partial charge in [-0.15, -0.1) is 0 Å². The second kappa shape index (κ2) is 9.58. The van der Waals surface area contributed by atoms with Crippen LogP contribution in [0.15, 0.2) is 47.9 Å². The average molecular weight is 423 g/mol. The third-order valence-electron chi connectivity index (χ3n) is 4.64. The van der Waals surface area contributed by atoms with Crippen LogP contribution in [0.25, 0.3) is 0 Å². The average Bonchev–Trinajstić information content (AvgIpc) is 3.14. The molecule has 1 aliphatic heterocycles. The van der Waals surface area contributed by atoms with Crippen LogP contribution < -0.4 is 0 Å². The SMILES string of the molecule is CCCn1ccnc1SCC(=O)N1CCN(S(=O)(=O)Cc2ccccc2)CC1. The van der Waals surface area contributed by atoms with Crippen molar-refractivity contribution in [3.63, 3.8) is 0 Å². The molecule has 0 bridgehead atoms. The number of rotatable bonds is 8. The highest BCUT2D eigenvalue weighted by Gasteiger charge is 2.29. The summed E-state index contributed by atoms with van der Waals surface area (Å²) < 4.78 is 28.8. The lowest BCUT2D eigenvalue weighted by Crippen LogP contribution is -2.51. The molecule has 1 fully saturated rings. The van der Waals surface area contributed by atoms with Gasteiger partial charge in [-0.25, -0.2) is 13.4 Å². The molecule has 1 saturated heterocycles. The highest BCUT2D eigenvalue weighted by atomic mass is 32.2. The van der Waals surface area contributed by atoms with Crippen LogP contribution in [0.2, 0.25) is 0 Å². The van der Waals surface area contributed by atoms with E-state index in [1.54, 1.807) is 11.1 Å². The Hall–Kier alpha value is -1.84. The molecule has 0 aliphatic carbocycles. The van der Waals surface area contributed by atoms with Crippen LogP contribution in [0.1, 0.15) is 18.9 Å². The van der Waals surface area contributed by atoms with E-state index in [0.29, 0.717) is 31.9 Å². The summed E-state index contributed by atoms with van der Waals surface area (Å²) in [5, 5.41) is 0.847. The van der Waals surface area contributed by atoms with E-state index in [1.807, 2.05) is 41.1 Å². The van der Waals surface area contributed by atoms with E-state index in [1.165, 1.54) is 16.1 Å². The van der Waals surface area contributed by atoms with E-state index >= 15 is 0 Å². The van der Waals surface area contributed by atoms with Crippen LogP contribution in [-0.4, -0.2) is 65.0 Å². The molecule has 0 N–H and O–H groups in total. The summed E-state index contributed by atoms with van der Waals surface area (Å²) in [5.74, 6) is 0.339. The number of carbonyl (C=O) groups is 1. The molecule has 1 aromatic heterocycles. The Bertz CT molecular complexity index is 876. The maximum atomic E-state index is 12.6. The maximum absolute atomic E-state index is 12.6. The molecule has 3 rings (SSSR count). The van der Waals surface area contributed by atoms with Gasteiger partial charge in [-0.2, -0.15) is 4.31 Å². The minimum Gasteiger partial charge on any atom is -0.339 e. The molecule has 0 spiro atoms. The number of carbonyl (C=O) groups excluding carboxylic acids is 1. The largest absolute Gasteiger partial charge is 0.339 e. The topological polar surface area (TPSA) is 75.5 Å². The molecule has 0 unspecified atom stereocenters. The summed E-state index contributed by atoms with van der Waals surface area (Å²) >= 11 is 1.43. The molecule has 0 radical (unpaired) electrons. The van der Waals surface area contributed by atoms with Gasteiger partial charge in [0.1, 0.15) is 0 Å². The van der Waals surface area contributed by atoms with E-state index in [4.69, 9.17) is 0 Å². The second-order valence-electron chi connectivity index (χ2n) is 6.71. The van der Waals surface area contributed by atoms with Crippen LogP contribution in [0, 0.1) is 0 Å². The Labute approximate surface area is 170 Å². The second-order valence-corrected chi connectivity index (χ2v) is 9.62. The van der Waals surface area contributed by atoms with Crippen LogP contribution in [0.3, 0.4) is 0 Å². The lowest BCUT2D eigenvalue weighted by atomic mass is 10.2. The normalized spacial score (nSPS) is 15.7. The minimum absolute atomic E-state index is 0.00226. The molecule has 0 saturated carbocycles. The fourth-order valence-electron chi connectivity index (χ4n) is 3.16. The summed E-state index contributed by atoms with van der Waals surface area (Å²) in [5.41, 5.74) is 0.778. The van der Waals surface area contributed by atoms with Crippen LogP contribution >= 0.6 is 11.8 Å². The molecule has 2 aromatic rings. The summed E-state index contributed by atoms with van der Waals surface area (Å²) in [6.07, 6.45) is 4.68. The number of hydrogen-bond acceptors (Lipinski definition) is 5. The Morgan fingerprint density at radius 3 is 2.54 bits per heavy atom. The van der Waals surface area contributed by atoms with Crippen molar-refractivity contribution < 1.29 is 13.2 Å².